The number of aromatic nitrogens is 2. The molecule has 0 saturated carbocycles. The predicted molar refractivity (Wildman–Crippen MR) is 156 cm³/mol. The summed E-state index contributed by atoms with van der Waals surface area (Å²) in [5.41, 5.74) is 12.5. The monoisotopic (exact) mass is 512 g/mol. The number of aromatic amines is 1. The Morgan fingerprint density at radius 1 is 1.34 bits per heavy atom. The Kier molecular flexibility index (Phi) is 9.38. The van der Waals surface area contributed by atoms with Crippen molar-refractivity contribution < 1.29 is 4.39 Å². The molecule has 0 aromatic carbocycles. The fourth-order valence-electron chi connectivity index (χ4n) is 5.39. The average Bonchev–Trinajstić information content (AvgIpc) is 3.30. The quantitative estimate of drug-likeness (QED) is 0.194. The van der Waals surface area contributed by atoms with Crippen LogP contribution in [0.4, 0.5) is 4.39 Å². The molecule has 0 spiro atoms. The number of hydrogen-bond donors (Lipinski definition) is 3. The third kappa shape index (κ3) is 6.53. The molecule has 0 amide bonds. The third-order valence-corrected chi connectivity index (χ3v) is 7.69. The number of nitrogens with one attached hydrogen (secondary N) is 3. The minimum atomic E-state index is -0.246. The van der Waals surface area contributed by atoms with Gasteiger partial charge in [0.2, 0.25) is 0 Å². The Hall–Kier alpha value is -3.40. The van der Waals surface area contributed by atoms with Crippen LogP contribution in [-0.4, -0.2) is 29.8 Å². The van der Waals surface area contributed by atoms with E-state index in [4.69, 9.17) is 0 Å². The first-order chi connectivity index (χ1) is 18.4. The van der Waals surface area contributed by atoms with E-state index in [2.05, 4.69) is 90.0 Å². The second-order valence-electron chi connectivity index (χ2n) is 10.5. The average molecular weight is 513 g/mol. The first kappa shape index (κ1) is 27.6. The maximum Gasteiger partial charge on any atom is 0.121 e. The first-order valence-electron chi connectivity index (χ1n) is 13.8. The van der Waals surface area contributed by atoms with Crippen LogP contribution in [0.1, 0.15) is 69.5 Å². The molecule has 1 saturated heterocycles. The van der Waals surface area contributed by atoms with E-state index in [0.717, 1.165) is 55.7 Å². The molecule has 1 aliphatic carbocycles. The van der Waals surface area contributed by atoms with Crippen LogP contribution < -0.4 is 10.6 Å². The molecule has 0 bridgehead atoms. The number of hydrogen-bond acceptors (Lipinski definition) is 3. The van der Waals surface area contributed by atoms with Gasteiger partial charge in [-0.15, -0.1) is 5.73 Å². The highest BCUT2D eigenvalue weighted by Gasteiger charge is 2.23. The summed E-state index contributed by atoms with van der Waals surface area (Å²) in [4.78, 5) is 0. The molecule has 3 N–H and O–H groups in total. The summed E-state index contributed by atoms with van der Waals surface area (Å²) in [6, 6.07) is 0. The molecule has 5 heteroatoms. The van der Waals surface area contributed by atoms with Gasteiger partial charge in [0, 0.05) is 53.9 Å². The minimum Gasteiger partial charge on any atom is -0.380 e. The molecule has 38 heavy (non-hydrogen) atoms. The molecule has 1 aromatic heterocycles. The van der Waals surface area contributed by atoms with Gasteiger partial charge in [-0.05, 0) is 80.5 Å². The Morgan fingerprint density at radius 2 is 2.18 bits per heavy atom. The molecule has 3 unspecified atom stereocenters. The van der Waals surface area contributed by atoms with Gasteiger partial charge in [-0.2, -0.15) is 5.10 Å². The Morgan fingerprint density at radius 3 is 2.97 bits per heavy atom. The van der Waals surface area contributed by atoms with E-state index in [1.807, 2.05) is 6.20 Å². The fraction of sp³-hybridized carbons (Fsp3) is 0.394. The van der Waals surface area contributed by atoms with Crippen molar-refractivity contribution in [2.45, 2.75) is 58.3 Å². The third-order valence-electron chi connectivity index (χ3n) is 7.69. The second kappa shape index (κ2) is 12.9. The summed E-state index contributed by atoms with van der Waals surface area (Å²) in [6.07, 6.45) is 20.4. The fourth-order valence-corrected chi connectivity index (χ4v) is 5.39. The summed E-state index contributed by atoms with van der Waals surface area (Å²) in [5, 5.41) is 14.7. The van der Waals surface area contributed by atoms with Gasteiger partial charge >= 0.3 is 0 Å². The molecule has 0 radical (unpaired) electrons. The molecular formula is C33H41FN4. The topological polar surface area (TPSA) is 52.7 Å². The van der Waals surface area contributed by atoms with Gasteiger partial charge in [0.1, 0.15) is 5.83 Å². The van der Waals surface area contributed by atoms with E-state index in [0.29, 0.717) is 12.0 Å². The lowest BCUT2D eigenvalue weighted by molar-refractivity contribution is 0.632. The number of fused-ring (bicyclic) bond motifs is 1. The van der Waals surface area contributed by atoms with Gasteiger partial charge in [-0.3, -0.25) is 5.10 Å². The van der Waals surface area contributed by atoms with E-state index in [-0.39, 0.29) is 23.6 Å². The van der Waals surface area contributed by atoms with E-state index < -0.39 is 0 Å². The van der Waals surface area contributed by atoms with Crippen LogP contribution in [0.15, 0.2) is 107 Å². The molecule has 3 atom stereocenters. The number of allylic oxidation sites excluding steroid dienone is 10. The number of nitrogens with zero attached hydrogens (tertiary/aromatic N) is 1. The van der Waals surface area contributed by atoms with Crippen LogP contribution in [-0.2, 0) is 0 Å². The summed E-state index contributed by atoms with van der Waals surface area (Å²) >= 11 is 0. The van der Waals surface area contributed by atoms with Crippen LogP contribution in [0.25, 0.3) is 0 Å². The largest absolute Gasteiger partial charge is 0.380 e. The summed E-state index contributed by atoms with van der Waals surface area (Å²) in [7, 11) is 0. The van der Waals surface area contributed by atoms with E-state index in [1.54, 1.807) is 13.0 Å². The summed E-state index contributed by atoms with van der Waals surface area (Å²) in [6.45, 7) is 16.7. The van der Waals surface area contributed by atoms with E-state index in [1.165, 1.54) is 22.4 Å². The second-order valence-corrected chi connectivity index (χ2v) is 10.5. The molecule has 200 valence electrons. The molecule has 2 aliphatic heterocycles. The van der Waals surface area contributed by atoms with Gasteiger partial charge in [-0.25, -0.2) is 4.39 Å². The van der Waals surface area contributed by atoms with Crippen LogP contribution in [0.5, 0.6) is 0 Å². The molecule has 4 nitrogen and oxygen atoms in total. The smallest absolute Gasteiger partial charge is 0.121 e. The number of halogens is 1. The normalized spacial score (nSPS) is 24.9. The molecule has 1 fully saturated rings. The lowest BCUT2D eigenvalue weighted by atomic mass is 9.83. The van der Waals surface area contributed by atoms with Crippen molar-refractivity contribution in [3.8, 4) is 0 Å². The van der Waals surface area contributed by atoms with Crippen molar-refractivity contribution in [2.75, 3.05) is 19.6 Å². The molecule has 3 heterocycles. The molecule has 3 aliphatic rings. The zero-order chi connectivity index (χ0) is 27.1. The standard InChI is InChI=1S/C33H41FN4/c1-6-25(33-29-16-18-35-20-28(29)11-8-17-36-33)19-27-10-7-9-26(14-12-23(27)4)30-21-37-38-32(30)24(5)13-15-31(34)22(2)3/h6-8,10,12,14-15,21,24,26-27,35-36H,2,4,9,13,16-20H2,1,3,5H3,(H,37,38)/b10-7+,14-12-,25-6+,31-15+. The zero-order valence-corrected chi connectivity index (χ0v) is 23.0. The van der Waals surface area contributed by atoms with Crippen LogP contribution in [0.2, 0.25) is 0 Å². The van der Waals surface area contributed by atoms with Crippen LogP contribution in [0, 0.1) is 5.92 Å². The van der Waals surface area contributed by atoms with Crippen molar-refractivity contribution in [1.29, 1.82) is 0 Å². The van der Waals surface area contributed by atoms with E-state index >= 15 is 0 Å². The first-order valence-corrected chi connectivity index (χ1v) is 13.8. The summed E-state index contributed by atoms with van der Waals surface area (Å²) in [5.74, 6) is 0.280. The van der Waals surface area contributed by atoms with Crippen molar-refractivity contribution in [2.24, 2.45) is 5.92 Å². The lowest BCUT2D eigenvalue weighted by Gasteiger charge is -2.25. The predicted octanol–water partition coefficient (Wildman–Crippen LogP) is 7.37. The molecule has 1 aromatic rings. The number of H-pyrrole nitrogens is 1. The van der Waals surface area contributed by atoms with Crippen molar-refractivity contribution in [3.63, 3.8) is 0 Å². The zero-order valence-electron chi connectivity index (χ0n) is 23.0. The van der Waals surface area contributed by atoms with Crippen LogP contribution in [0.3, 0.4) is 0 Å². The van der Waals surface area contributed by atoms with Crippen LogP contribution >= 0.6 is 0 Å². The number of piperidine rings is 1. The lowest BCUT2D eigenvalue weighted by Crippen LogP contribution is -2.28. The maximum absolute atomic E-state index is 14.0. The molecule has 4 rings (SSSR count). The Balaban J connectivity index is 1.48. The summed E-state index contributed by atoms with van der Waals surface area (Å²) < 4.78 is 14.0. The highest BCUT2D eigenvalue weighted by molar-refractivity contribution is 5.48. The Bertz CT molecular complexity index is 1280. The van der Waals surface area contributed by atoms with Crippen molar-refractivity contribution in [1.82, 2.24) is 20.8 Å². The maximum atomic E-state index is 14.0. The van der Waals surface area contributed by atoms with Gasteiger partial charge in [0.25, 0.3) is 0 Å². The Labute approximate surface area is 227 Å². The minimum absolute atomic E-state index is 0.0994. The van der Waals surface area contributed by atoms with E-state index in [9.17, 15) is 4.39 Å². The van der Waals surface area contributed by atoms with Gasteiger partial charge < -0.3 is 10.6 Å². The van der Waals surface area contributed by atoms with Crippen molar-refractivity contribution in [3.05, 3.63) is 118 Å². The number of rotatable bonds is 8. The highest BCUT2D eigenvalue weighted by atomic mass is 19.1. The van der Waals surface area contributed by atoms with Gasteiger partial charge in [0.05, 0.1) is 5.69 Å². The molecular weight excluding hydrogens is 471 g/mol. The van der Waals surface area contributed by atoms with Gasteiger partial charge in [-0.1, -0.05) is 50.5 Å². The highest BCUT2D eigenvalue weighted by Crippen LogP contribution is 2.35. The van der Waals surface area contributed by atoms with Gasteiger partial charge in [0.15, 0.2) is 0 Å². The van der Waals surface area contributed by atoms with Crippen molar-refractivity contribution >= 4 is 0 Å². The SMILES string of the molecule is C=C(C)/C(F)=C\CC(C)c1n[nH]cc1C1/C=C\C(=C)C(C/C(=C\C)C2=C3CCNCC3=C=CCN2)/C=C/C1.